The molecule has 14 heteroatoms. The van der Waals surface area contributed by atoms with E-state index in [-0.39, 0.29) is 30.2 Å². The van der Waals surface area contributed by atoms with E-state index < -0.39 is 23.8 Å². The number of carboxylic acid groups (broad SMARTS) is 1. The van der Waals surface area contributed by atoms with Gasteiger partial charge in [0.25, 0.3) is 12.9 Å². The zero-order chi connectivity index (χ0) is 31.8. The first-order valence-corrected chi connectivity index (χ1v) is 12.8. The number of benzene rings is 2. The van der Waals surface area contributed by atoms with Crippen molar-refractivity contribution in [2.24, 2.45) is 5.10 Å². The summed E-state index contributed by atoms with van der Waals surface area (Å²) >= 11 is 0. The van der Waals surface area contributed by atoms with Gasteiger partial charge in [-0.2, -0.15) is 5.10 Å². The van der Waals surface area contributed by atoms with Gasteiger partial charge in [-0.15, -0.1) is 0 Å². The number of aryl methyl sites for hydroxylation is 1. The Balaban J connectivity index is 0.00000162. The normalized spacial score (nSPS) is 13.1. The molecule has 1 aromatic heterocycles. The van der Waals surface area contributed by atoms with E-state index in [4.69, 9.17) is 9.90 Å². The first-order valence-electron chi connectivity index (χ1n) is 12.8. The Morgan fingerprint density at radius 2 is 1.81 bits per heavy atom. The molecule has 2 heterocycles. The molecule has 43 heavy (non-hydrogen) atoms. The molecule has 0 aliphatic carbocycles. The number of carbonyl (C=O) groups is 2. The van der Waals surface area contributed by atoms with Gasteiger partial charge in [0, 0.05) is 37.8 Å². The van der Waals surface area contributed by atoms with E-state index in [9.17, 15) is 22.8 Å². The molecule has 4 rings (SSSR count). The van der Waals surface area contributed by atoms with Gasteiger partial charge in [-0.25, -0.2) is 32.9 Å². The molecule has 3 aromatic rings. The van der Waals surface area contributed by atoms with E-state index in [0.717, 1.165) is 6.07 Å². The van der Waals surface area contributed by atoms with Crippen LogP contribution in [0.3, 0.4) is 0 Å². The van der Waals surface area contributed by atoms with Gasteiger partial charge in [-0.1, -0.05) is 18.2 Å². The summed E-state index contributed by atoms with van der Waals surface area (Å²) in [5, 5.41) is 16.4. The van der Waals surface area contributed by atoms with E-state index in [1.54, 1.807) is 58.0 Å². The zero-order valence-corrected chi connectivity index (χ0v) is 24.0. The Bertz CT molecular complexity index is 1620. The minimum atomic E-state index is -2.93. The molecule has 2 aromatic carbocycles. The fourth-order valence-corrected chi connectivity index (χ4v) is 4.14. The number of fused-ring (bicyclic) bond motifs is 1. The van der Waals surface area contributed by atoms with Crippen LogP contribution in [0.25, 0.3) is 10.9 Å². The second-order valence-electron chi connectivity index (χ2n) is 9.53. The van der Waals surface area contributed by atoms with Crippen LogP contribution in [0.2, 0.25) is 0 Å². The number of hydrogen-bond donors (Lipinski definition) is 2. The topological polar surface area (TPSA) is 131 Å². The van der Waals surface area contributed by atoms with Crippen LogP contribution in [0.4, 0.5) is 24.7 Å². The van der Waals surface area contributed by atoms with Gasteiger partial charge < -0.3 is 20.2 Å². The summed E-state index contributed by atoms with van der Waals surface area (Å²) in [5.41, 5.74) is 0.852. The second-order valence-corrected chi connectivity index (χ2v) is 9.53. The van der Waals surface area contributed by atoms with E-state index in [0.29, 0.717) is 34.1 Å². The number of carbonyl (C=O) groups excluding carboxylic acids is 2. The summed E-state index contributed by atoms with van der Waals surface area (Å²) < 4.78 is 41.3. The lowest BCUT2D eigenvalue weighted by molar-refractivity contribution is -0.129. The number of anilines is 2. The Hall–Kier alpha value is -5.23. The number of allylic oxidation sites excluding steroid dienone is 1. The van der Waals surface area contributed by atoms with Crippen molar-refractivity contribution in [3.05, 3.63) is 77.0 Å². The number of hydrazone groups is 1. The number of likely N-dealkylation sites (N-methyl/N-ethyl adjacent to an activating group) is 2. The Labute approximate surface area is 245 Å². The van der Waals surface area contributed by atoms with E-state index in [1.165, 1.54) is 28.1 Å². The van der Waals surface area contributed by atoms with Crippen LogP contribution in [0, 0.1) is 12.7 Å². The Kier molecular flexibility index (Phi) is 10.6. The highest BCUT2D eigenvalue weighted by molar-refractivity contribution is 6.07. The number of alkyl halides is 2. The van der Waals surface area contributed by atoms with Crippen molar-refractivity contribution in [3.63, 3.8) is 0 Å². The molecule has 0 radical (unpaired) electrons. The third-order valence-electron chi connectivity index (χ3n) is 6.42. The quantitative estimate of drug-likeness (QED) is 0.302. The number of halogens is 3. The van der Waals surface area contributed by atoms with Gasteiger partial charge in [0.15, 0.2) is 11.8 Å². The van der Waals surface area contributed by atoms with Gasteiger partial charge in [0.05, 0.1) is 17.1 Å². The number of rotatable bonds is 7. The third-order valence-corrected chi connectivity index (χ3v) is 6.42. The van der Waals surface area contributed by atoms with Crippen molar-refractivity contribution in [2.45, 2.75) is 26.3 Å². The average molecular weight is 598 g/mol. The van der Waals surface area contributed by atoms with Crippen LogP contribution >= 0.6 is 0 Å². The highest BCUT2D eigenvalue weighted by Crippen LogP contribution is 2.32. The van der Waals surface area contributed by atoms with Crippen molar-refractivity contribution in [1.29, 1.82) is 0 Å². The predicted octanol–water partition coefficient (Wildman–Crippen LogP) is 4.31. The van der Waals surface area contributed by atoms with Crippen LogP contribution in [-0.2, 0) is 14.4 Å². The lowest BCUT2D eigenvalue weighted by atomic mass is 10.0. The molecule has 0 unspecified atom stereocenters. The Morgan fingerprint density at radius 3 is 2.44 bits per heavy atom. The molecule has 0 spiro atoms. The number of amidine groups is 1. The van der Waals surface area contributed by atoms with Gasteiger partial charge in [0.2, 0.25) is 5.91 Å². The number of nitrogens with one attached hydrogen (secondary N) is 1. The lowest BCUT2D eigenvalue weighted by Gasteiger charge is -2.27. The average Bonchev–Trinajstić information content (AvgIpc) is 2.96. The summed E-state index contributed by atoms with van der Waals surface area (Å²) in [7, 11) is 4.98. The molecule has 0 bridgehead atoms. The summed E-state index contributed by atoms with van der Waals surface area (Å²) in [6.45, 7) is 2.99. The monoisotopic (exact) mass is 597 g/mol. The molecule has 1 aliphatic rings. The summed E-state index contributed by atoms with van der Waals surface area (Å²) in [6, 6.07) is 8.66. The maximum atomic E-state index is 14.8. The summed E-state index contributed by atoms with van der Waals surface area (Å²) in [4.78, 5) is 44.1. The molecule has 0 saturated carbocycles. The molecular weight excluding hydrogens is 567 g/mol. The van der Waals surface area contributed by atoms with Crippen molar-refractivity contribution >= 4 is 46.6 Å². The van der Waals surface area contributed by atoms with Crippen LogP contribution in [0.1, 0.15) is 36.3 Å². The fourth-order valence-electron chi connectivity index (χ4n) is 4.14. The standard InChI is InChI=1S/C28H28F3N7O2.CH2O2/c1-16(20-7-6-8-21(26(20)29)27(30)31)32-28-22-13-18(9-11-23(22)33-17(2)34-28)37(5)24-12-10-19(15-39)38(35-24)14-25(40)36(3)4;2-1-3/h6-13,16,27H,14H2,1-5H3,(H,32,33,34);1H,(H,2,3)/t16-;/m1./s1. The van der Waals surface area contributed by atoms with Gasteiger partial charge in [0.1, 0.15) is 29.7 Å². The first-order chi connectivity index (χ1) is 20.4. The number of aromatic nitrogens is 2. The van der Waals surface area contributed by atoms with Crippen molar-refractivity contribution < 1.29 is 32.7 Å². The molecule has 0 saturated heterocycles. The van der Waals surface area contributed by atoms with E-state index in [1.807, 2.05) is 12.1 Å². The van der Waals surface area contributed by atoms with Gasteiger partial charge >= 0.3 is 0 Å². The van der Waals surface area contributed by atoms with Crippen LogP contribution in [0.5, 0.6) is 0 Å². The van der Waals surface area contributed by atoms with E-state index >= 15 is 0 Å². The molecule has 1 atom stereocenters. The summed E-state index contributed by atoms with van der Waals surface area (Å²) in [5.74, 6) is 1.91. The zero-order valence-electron chi connectivity index (χ0n) is 24.0. The third kappa shape index (κ3) is 7.54. The smallest absolute Gasteiger partial charge is 0.290 e. The Morgan fingerprint density at radius 1 is 1.14 bits per heavy atom. The molecule has 11 nitrogen and oxygen atoms in total. The van der Waals surface area contributed by atoms with E-state index in [2.05, 4.69) is 20.4 Å². The van der Waals surface area contributed by atoms with Crippen molar-refractivity contribution in [2.75, 3.05) is 37.9 Å². The molecular formula is C29H30F3N7O4. The SMILES string of the molecule is Cc1nc(N[C@H](C)c2cccc(C(F)F)c2F)c2cc(N(C)C3=NN(CC(=O)N(C)C)C(=C=O)C=C3)ccc2n1.O=CO. The number of hydrogen-bond acceptors (Lipinski definition) is 9. The molecule has 0 fully saturated rings. The summed E-state index contributed by atoms with van der Waals surface area (Å²) in [6.07, 6.45) is 0.227. The highest BCUT2D eigenvalue weighted by atomic mass is 19.3. The number of amides is 1. The van der Waals surface area contributed by atoms with Crippen LogP contribution in [-0.4, -0.2) is 76.8 Å². The number of nitrogens with zero attached hydrogens (tertiary/aromatic N) is 6. The van der Waals surface area contributed by atoms with Gasteiger partial charge in [-0.3, -0.25) is 9.59 Å². The first kappa shape index (κ1) is 32.3. The second kappa shape index (κ2) is 14.1. The highest BCUT2D eigenvalue weighted by Gasteiger charge is 2.22. The molecule has 1 amide bonds. The van der Waals surface area contributed by atoms with Crippen LogP contribution < -0.4 is 10.2 Å². The minimum Gasteiger partial charge on any atom is -0.483 e. The maximum Gasteiger partial charge on any atom is 0.290 e. The van der Waals surface area contributed by atoms with Crippen molar-refractivity contribution in [1.82, 2.24) is 19.9 Å². The van der Waals surface area contributed by atoms with Crippen LogP contribution in [0.15, 0.2) is 59.3 Å². The lowest BCUT2D eigenvalue weighted by Crippen LogP contribution is -2.37. The molecule has 1 aliphatic heterocycles. The molecule has 2 N–H and O–H groups in total. The fraction of sp³-hybridized carbons (Fsp3) is 0.276. The maximum absolute atomic E-state index is 14.8. The van der Waals surface area contributed by atoms with Crippen molar-refractivity contribution in [3.8, 4) is 0 Å². The largest absolute Gasteiger partial charge is 0.483 e. The molecule has 226 valence electrons. The predicted molar refractivity (Wildman–Crippen MR) is 156 cm³/mol. The van der Waals surface area contributed by atoms with Gasteiger partial charge in [-0.05, 0) is 44.2 Å². The minimum absolute atomic E-state index is 0.0867.